The van der Waals surface area contributed by atoms with Crippen LogP contribution in [-0.4, -0.2) is 49.3 Å². The number of nitrogens with one attached hydrogen (secondary N) is 1. The lowest BCUT2D eigenvalue weighted by atomic mass is 10.2. The van der Waals surface area contributed by atoms with Crippen molar-refractivity contribution in [2.24, 2.45) is 4.40 Å². The Kier molecular flexibility index (Phi) is 5.79. The number of carbonyl (C=O) groups is 2. The molecule has 32 heavy (non-hydrogen) atoms. The van der Waals surface area contributed by atoms with Crippen molar-refractivity contribution in [3.05, 3.63) is 57.1 Å². The Morgan fingerprint density at radius 1 is 1.28 bits per heavy atom. The van der Waals surface area contributed by atoms with Crippen molar-refractivity contribution in [3.8, 4) is 0 Å². The largest absolute Gasteiger partial charge is 0.452 e. The first-order valence-electron chi connectivity index (χ1n) is 8.96. The summed E-state index contributed by atoms with van der Waals surface area (Å²) in [5.74, 6) is -1.65. The number of ether oxygens (including phenoxy) is 1. The number of sulfonamides is 1. The maximum Gasteiger partial charge on any atom is 0.338 e. The summed E-state index contributed by atoms with van der Waals surface area (Å²) >= 11 is 6.85. The number of amides is 1. The fraction of sp³-hybridized carbons (Fsp3) is 0.167. The Bertz CT molecular complexity index is 1300. The molecule has 2 heterocycles. The second kappa shape index (κ2) is 8.41. The molecular weight excluding hydrogens is 484 g/mol. The lowest BCUT2D eigenvalue weighted by Crippen LogP contribution is -2.35. The molecule has 1 amide bonds. The van der Waals surface area contributed by atoms with E-state index in [1.165, 1.54) is 24.3 Å². The highest BCUT2D eigenvalue weighted by atomic mass is 35.5. The number of nitrogens with zero attached hydrogens (tertiary/aromatic N) is 3. The molecule has 0 bridgehead atoms. The normalized spacial score (nSPS) is 15.9. The van der Waals surface area contributed by atoms with Gasteiger partial charge in [0.1, 0.15) is 5.69 Å². The third-order valence-electron chi connectivity index (χ3n) is 4.47. The van der Waals surface area contributed by atoms with Crippen LogP contribution in [-0.2, 0) is 19.6 Å². The van der Waals surface area contributed by atoms with Gasteiger partial charge in [0.2, 0.25) is 0 Å². The van der Waals surface area contributed by atoms with E-state index in [0.29, 0.717) is 10.1 Å². The van der Waals surface area contributed by atoms with Crippen molar-refractivity contribution in [1.29, 1.82) is 0 Å². The van der Waals surface area contributed by atoms with E-state index < -0.39 is 39.1 Å². The van der Waals surface area contributed by atoms with Crippen LogP contribution in [0.4, 0.5) is 17.1 Å². The Balaban J connectivity index is 1.41. The summed E-state index contributed by atoms with van der Waals surface area (Å²) in [4.78, 5) is 37.2. The molecule has 0 aliphatic carbocycles. The van der Waals surface area contributed by atoms with E-state index in [-0.39, 0.29) is 28.6 Å². The smallest absolute Gasteiger partial charge is 0.338 e. The molecule has 4 rings (SSSR count). The molecule has 1 N–H and O–H groups in total. The molecule has 2 aliphatic rings. The van der Waals surface area contributed by atoms with E-state index in [9.17, 15) is 28.1 Å². The van der Waals surface area contributed by atoms with Gasteiger partial charge in [-0.05, 0) is 42.1 Å². The molecule has 0 atom stereocenters. The summed E-state index contributed by atoms with van der Waals surface area (Å²) in [6.45, 7) is -0.401. The first-order valence-corrected chi connectivity index (χ1v) is 11.8. The lowest BCUT2D eigenvalue weighted by molar-refractivity contribution is -0.383. The van der Waals surface area contributed by atoms with E-state index in [4.69, 9.17) is 16.3 Å². The summed E-state index contributed by atoms with van der Waals surface area (Å²) in [6.07, 6.45) is 0. The van der Waals surface area contributed by atoms with Gasteiger partial charge in [0.05, 0.1) is 21.9 Å². The van der Waals surface area contributed by atoms with Crippen molar-refractivity contribution in [2.45, 2.75) is 4.90 Å². The summed E-state index contributed by atoms with van der Waals surface area (Å²) in [6, 6.07) is 8.41. The zero-order chi connectivity index (χ0) is 23.0. The van der Waals surface area contributed by atoms with Crippen molar-refractivity contribution in [2.75, 3.05) is 29.1 Å². The molecule has 2 aromatic rings. The van der Waals surface area contributed by atoms with Gasteiger partial charge < -0.3 is 15.0 Å². The average molecular weight is 497 g/mol. The summed E-state index contributed by atoms with van der Waals surface area (Å²) in [5.41, 5.74) is 0.411. The van der Waals surface area contributed by atoms with Crippen LogP contribution in [0.15, 0.2) is 45.7 Å². The number of benzene rings is 2. The first-order chi connectivity index (χ1) is 15.1. The standard InChI is InChI=1S/C18H13ClN4O7S2/c19-11-2-3-12(14(8-11)23(26)27)20-16(24)9-30-17(25)10-1-4-13-15(7-10)31-18-21-32(28,29)6-5-22(13)18/h1-4,7-8H,5-6,9H2,(H,20,24). The topological polar surface area (TPSA) is 148 Å². The molecule has 2 aliphatic heterocycles. The molecule has 2 aromatic carbocycles. The zero-order valence-electron chi connectivity index (χ0n) is 16.0. The number of anilines is 2. The number of esters is 1. The lowest BCUT2D eigenvalue weighted by Gasteiger charge is -2.22. The maximum absolute atomic E-state index is 12.4. The Labute approximate surface area is 190 Å². The Morgan fingerprint density at radius 3 is 2.81 bits per heavy atom. The van der Waals surface area contributed by atoms with Crippen LogP contribution in [0.3, 0.4) is 0 Å². The van der Waals surface area contributed by atoms with Crippen molar-refractivity contribution in [1.82, 2.24) is 0 Å². The fourth-order valence-corrected chi connectivity index (χ4v) is 5.48. The molecule has 166 valence electrons. The minimum atomic E-state index is -3.50. The van der Waals surface area contributed by atoms with Gasteiger partial charge in [-0.1, -0.05) is 11.6 Å². The predicted molar refractivity (Wildman–Crippen MR) is 118 cm³/mol. The molecule has 0 unspecified atom stereocenters. The molecule has 0 spiro atoms. The van der Waals surface area contributed by atoms with Crippen LogP contribution in [0.1, 0.15) is 10.4 Å². The number of halogens is 1. The minimum absolute atomic E-state index is 0.0817. The quantitative estimate of drug-likeness (QED) is 0.374. The molecule has 11 nitrogen and oxygen atoms in total. The molecule has 0 fully saturated rings. The monoisotopic (exact) mass is 496 g/mol. The summed E-state index contributed by atoms with van der Waals surface area (Å²) in [7, 11) is -3.50. The van der Waals surface area contributed by atoms with E-state index in [2.05, 4.69) is 9.71 Å². The van der Waals surface area contributed by atoms with Gasteiger partial charge >= 0.3 is 5.97 Å². The van der Waals surface area contributed by atoms with Crippen LogP contribution in [0.5, 0.6) is 0 Å². The number of nitro groups is 1. The van der Waals surface area contributed by atoms with Crippen LogP contribution in [0.2, 0.25) is 5.02 Å². The van der Waals surface area contributed by atoms with E-state index in [1.807, 2.05) is 0 Å². The number of hydrogen-bond donors (Lipinski definition) is 1. The minimum Gasteiger partial charge on any atom is -0.452 e. The van der Waals surface area contributed by atoms with Gasteiger partial charge in [-0.15, -0.1) is 4.40 Å². The first kappa shape index (κ1) is 22.0. The highest BCUT2D eigenvalue weighted by Crippen LogP contribution is 2.42. The second-order valence-corrected chi connectivity index (χ2v) is 9.84. The van der Waals surface area contributed by atoms with Gasteiger partial charge in [0, 0.05) is 22.5 Å². The summed E-state index contributed by atoms with van der Waals surface area (Å²) < 4.78 is 32.1. The number of hydrogen-bond acceptors (Lipinski definition) is 9. The third-order valence-corrected chi connectivity index (χ3v) is 7.01. The second-order valence-electron chi connectivity index (χ2n) is 6.64. The molecule has 0 radical (unpaired) electrons. The van der Waals surface area contributed by atoms with Gasteiger partial charge in [0.15, 0.2) is 11.8 Å². The van der Waals surface area contributed by atoms with Crippen molar-refractivity contribution >= 4 is 67.5 Å². The highest BCUT2D eigenvalue weighted by Gasteiger charge is 2.33. The van der Waals surface area contributed by atoms with Crippen molar-refractivity contribution < 1.29 is 27.7 Å². The Hall–Kier alpha value is -3.16. The fourth-order valence-electron chi connectivity index (χ4n) is 3.02. The van der Waals surface area contributed by atoms with Crippen molar-refractivity contribution in [3.63, 3.8) is 0 Å². The molecular formula is C18H13ClN4O7S2. The van der Waals surface area contributed by atoms with Crippen LogP contribution in [0.25, 0.3) is 0 Å². The molecule has 0 aromatic heterocycles. The summed E-state index contributed by atoms with van der Waals surface area (Å²) in [5, 5.41) is 13.9. The van der Waals surface area contributed by atoms with Crippen LogP contribution < -0.4 is 10.2 Å². The van der Waals surface area contributed by atoms with Crippen LogP contribution >= 0.6 is 23.4 Å². The number of amidine groups is 1. The SMILES string of the molecule is O=C(COC(=O)c1ccc2c(c1)SC1=NS(=O)(=O)CCN12)Nc1ccc(Cl)cc1[N+](=O)[O-]. The predicted octanol–water partition coefficient (Wildman–Crippen LogP) is 2.66. The van der Waals surface area contributed by atoms with Gasteiger partial charge in [-0.2, -0.15) is 0 Å². The average Bonchev–Trinajstić information content (AvgIpc) is 3.08. The van der Waals surface area contributed by atoms with Gasteiger partial charge in [0.25, 0.3) is 21.6 Å². The maximum atomic E-state index is 12.4. The number of thioether (sulfide) groups is 1. The van der Waals surface area contributed by atoms with Gasteiger partial charge in [-0.25, -0.2) is 13.2 Å². The zero-order valence-corrected chi connectivity index (χ0v) is 18.4. The Morgan fingerprint density at radius 2 is 2.06 bits per heavy atom. The number of rotatable bonds is 5. The molecule has 14 heteroatoms. The van der Waals surface area contributed by atoms with E-state index >= 15 is 0 Å². The molecule has 0 saturated carbocycles. The van der Waals surface area contributed by atoms with Gasteiger partial charge in [-0.3, -0.25) is 14.9 Å². The highest BCUT2D eigenvalue weighted by molar-refractivity contribution is 8.15. The molecule has 0 saturated heterocycles. The number of fused-ring (bicyclic) bond motifs is 3. The number of nitro benzene ring substituents is 1. The van der Waals surface area contributed by atoms with E-state index in [1.54, 1.807) is 11.0 Å². The third kappa shape index (κ3) is 4.54. The number of carbonyl (C=O) groups excluding carboxylic acids is 2. The van der Waals surface area contributed by atoms with Crippen LogP contribution in [0, 0.1) is 10.1 Å². The van der Waals surface area contributed by atoms with E-state index in [0.717, 1.165) is 23.5 Å².